The molecule has 3 heteroatoms. The van der Waals surface area contributed by atoms with Crippen LogP contribution in [0.2, 0.25) is 5.02 Å². The van der Waals surface area contributed by atoms with Gasteiger partial charge in [0, 0.05) is 24.2 Å². The number of halogens is 1. The molecule has 0 spiro atoms. The van der Waals surface area contributed by atoms with Gasteiger partial charge in [0.15, 0.2) is 0 Å². The zero-order valence-corrected chi connectivity index (χ0v) is 15.1. The summed E-state index contributed by atoms with van der Waals surface area (Å²) in [5.74, 6) is 0.468. The first-order valence-electron chi connectivity index (χ1n) is 7.69. The molecule has 1 aromatic rings. The van der Waals surface area contributed by atoms with Crippen LogP contribution in [-0.2, 0) is 4.74 Å². The molecule has 0 aromatic heterocycles. The molecule has 0 fully saturated rings. The second-order valence-electron chi connectivity index (χ2n) is 7.38. The SMILES string of the molecule is COC(C)(C)CCC(CNC(C)(C)C)c1ccc(Cl)cc1. The van der Waals surface area contributed by atoms with Gasteiger partial charge >= 0.3 is 0 Å². The van der Waals surface area contributed by atoms with Gasteiger partial charge in [-0.25, -0.2) is 0 Å². The van der Waals surface area contributed by atoms with Gasteiger partial charge in [0.05, 0.1) is 5.60 Å². The fourth-order valence-corrected chi connectivity index (χ4v) is 2.30. The number of ether oxygens (including phenoxy) is 1. The van der Waals surface area contributed by atoms with E-state index < -0.39 is 0 Å². The molecule has 1 atom stereocenters. The maximum absolute atomic E-state index is 6.00. The van der Waals surface area contributed by atoms with Gasteiger partial charge in [0.25, 0.3) is 0 Å². The van der Waals surface area contributed by atoms with E-state index in [1.54, 1.807) is 7.11 Å². The minimum atomic E-state index is -0.0770. The second-order valence-corrected chi connectivity index (χ2v) is 7.82. The van der Waals surface area contributed by atoms with Gasteiger partial charge < -0.3 is 10.1 Å². The molecule has 0 bridgehead atoms. The van der Waals surface area contributed by atoms with Gasteiger partial charge in [-0.1, -0.05) is 23.7 Å². The van der Waals surface area contributed by atoms with E-state index in [0.717, 1.165) is 24.4 Å². The van der Waals surface area contributed by atoms with Crippen molar-refractivity contribution in [2.45, 2.75) is 64.5 Å². The molecule has 1 rings (SSSR count). The summed E-state index contributed by atoms with van der Waals surface area (Å²) in [6.07, 6.45) is 2.12. The number of hydrogen-bond donors (Lipinski definition) is 1. The molecule has 2 nitrogen and oxygen atoms in total. The molecule has 0 heterocycles. The lowest BCUT2D eigenvalue weighted by molar-refractivity contribution is 0.0123. The first-order chi connectivity index (χ1) is 9.63. The topological polar surface area (TPSA) is 21.3 Å². The molecule has 0 aliphatic carbocycles. The lowest BCUT2D eigenvalue weighted by Gasteiger charge is -2.29. The van der Waals surface area contributed by atoms with E-state index in [2.05, 4.69) is 52.1 Å². The summed E-state index contributed by atoms with van der Waals surface area (Å²) in [7, 11) is 1.78. The number of methoxy groups -OCH3 is 1. The molecular formula is C18H30ClNO. The smallest absolute Gasteiger partial charge is 0.0623 e. The van der Waals surface area contributed by atoms with Gasteiger partial charge in [-0.2, -0.15) is 0 Å². The van der Waals surface area contributed by atoms with E-state index in [4.69, 9.17) is 16.3 Å². The minimum absolute atomic E-state index is 0.0770. The normalized spacial score (nSPS) is 14.2. The summed E-state index contributed by atoms with van der Waals surface area (Å²) < 4.78 is 5.55. The van der Waals surface area contributed by atoms with Gasteiger partial charge in [0.1, 0.15) is 0 Å². The predicted molar refractivity (Wildman–Crippen MR) is 92.3 cm³/mol. The van der Waals surface area contributed by atoms with E-state index in [-0.39, 0.29) is 11.1 Å². The van der Waals surface area contributed by atoms with Crippen LogP contribution < -0.4 is 5.32 Å². The van der Waals surface area contributed by atoms with Crippen LogP contribution in [0.25, 0.3) is 0 Å². The molecular weight excluding hydrogens is 282 g/mol. The van der Waals surface area contributed by atoms with Crippen molar-refractivity contribution in [3.8, 4) is 0 Å². The van der Waals surface area contributed by atoms with Crippen molar-refractivity contribution in [1.82, 2.24) is 5.32 Å². The number of nitrogens with one attached hydrogen (secondary N) is 1. The minimum Gasteiger partial charge on any atom is -0.379 e. The van der Waals surface area contributed by atoms with Gasteiger partial charge in [0.2, 0.25) is 0 Å². The fourth-order valence-electron chi connectivity index (χ4n) is 2.17. The van der Waals surface area contributed by atoms with Crippen LogP contribution in [-0.4, -0.2) is 24.8 Å². The summed E-state index contributed by atoms with van der Waals surface area (Å²) >= 11 is 6.00. The molecule has 120 valence electrons. The van der Waals surface area contributed by atoms with E-state index in [1.165, 1.54) is 5.56 Å². The van der Waals surface area contributed by atoms with Crippen LogP contribution in [0, 0.1) is 0 Å². The van der Waals surface area contributed by atoms with Crippen molar-refractivity contribution < 1.29 is 4.74 Å². The summed E-state index contributed by atoms with van der Waals surface area (Å²) in [5, 5.41) is 4.41. The number of rotatable bonds is 7. The van der Waals surface area contributed by atoms with Crippen molar-refractivity contribution in [1.29, 1.82) is 0 Å². The van der Waals surface area contributed by atoms with Gasteiger partial charge in [-0.3, -0.25) is 0 Å². The molecule has 21 heavy (non-hydrogen) atoms. The summed E-state index contributed by atoms with van der Waals surface area (Å²) in [5.41, 5.74) is 1.39. The Morgan fingerprint density at radius 2 is 1.67 bits per heavy atom. The molecule has 1 N–H and O–H groups in total. The standard InChI is InChI=1S/C18H30ClNO/c1-17(2,3)20-13-15(11-12-18(4,5)21-6)14-7-9-16(19)10-8-14/h7-10,15,20H,11-13H2,1-6H3. The molecule has 0 saturated carbocycles. The molecule has 1 unspecified atom stereocenters. The van der Waals surface area contributed by atoms with Crippen molar-refractivity contribution in [3.05, 3.63) is 34.9 Å². The fraction of sp³-hybridized carbons (Fsp3) is 0.667. The molecule has 0 radical (unpaired) electrons. The van der Waals surface area contributed by atoms with Crippen LogP contribution in [0.1, 0.15) is 58.9 Å². The molecule has 1 aromatic carbocycles. The lowest BCUT2D eigenvalue weighted by atomic mass is 9.89. The Labute approximate surface area is 135 Å². The van der Waals surface area contributed by atoms with Crippen LogP contribution >= 0.6 is 11.6 Å². The molecule has 0 aliphatic heterocycles. The number of benzene rings is 1. The Balaban J connectivity index is 2.77. The van der Waals surface area contributed by atoms with Gasteiger partial charge in [-0.15, -0.1) is 0 Å². The maximum Gasteiger partial charge on any atom is 0.0623 e. The van der Waals surface area contributed by atoms with Gasteiger partial charge in [-0.05, 0) is 71.1 Å². The van der Waals surface area contributed by atoms with E-state index in [1.807, 2.05) is 12.1 Å². The third-order valence-electron chi connectivity index (χ3n) is 3.87. The third-order valence-corrected chi connectivity index (χ3v) is 4.12. The highest BCUT2D eigenvalue weighted by atomic mass is 35.5. The quantitative estimate of drug-likeness (QED) is 0.763. The first-order valence-corrected chi connectivity index (χ1v) is 8.06. The van der Waals surface area contributed by atoms with Crippen LogP contribution in [0.4, 0.5) is 0 Å². The maximum atomic E-state index is 6.00. The van der Waals surface area contributed by atoms with Crippen molar-refractivity contribution in [2.75, 3.05) is 13.7 Å². The zero-order chi connectivity index (χ0) is 16.1. The highest BCUT2D eigenvalue weighted by Crippen LogP contribution is 2.27. The Morgan fingerprint density at radius 3 is 2.14 bits per heavy atom. The summed E-state index contributed by atoms with van der Waals surface area (Å²) in [4.78, 5) is 0. The van der Waals surface area contributed by atoms with Crippen LogP contribution in [0.15, 0.2) is 24.3 Å². The highest BCUT2D eigenvalue weighted by Gasteiger charge is 2.21. The Morgan fingerprint density at radius 1 is 1.10 bits per heavy atom. The van der Waals surface area contributed by atoms with Crippen LogP contribution in [0.5, 0.6) is 0 Å². The Kier molecular flexibility index (Phi) is 6.71. The largest absolute Gasteiger partial charge is 0.379 e. The average molecular weight is 312 g/mol. The van der Waals surface area contributed by atoms with Crippen molar-refractivity contribution in [2.24, 2.45) is 0 Å². The van der Waals surface area contributed by atoms with Crippen LogP contribution in [0.3, 0.4) is 0 Å². The predicted octanol–water partition coefficient (Wildman–Crippen LogP) is 5.02. The molecule has 0 aliphatic rings. The zero-order valence-electron chi connectivity index (χ0n) is 14.3. The average Bonchev–Trinajstić information content (AvgIpc) is 2.39. The Hall–Kier alpha value is -0.570. The summed E-state index contributed by atoms with van der Waals surface area (Å²) in [6.45, 7) is 11.8. The third kappa shape index (κ3) is 7.30. The second kappa shape index (κ2) is 7.62. The Bertz CT molecular complexity index is 420. The molecule has 0 amide bonds. The van der Waals surface area contributed by atoms with Crippen molar-refractivity contribution >= 4 is 11.6 Å². The van der Waals surface area contributed by atoms with E-state index >= 15 is 0 Å². The van der Waals surface area contributed by atoms with E-state index in [9.17, 15) is 0 Å². The molecule has 0 saturated heterocycles. The van der Waals surface area contributed by atoms with E-state index in [0.29, 0.717) is 5.92 Å². The van der Waals surface area contributed by atoms with Crippen molar-refractivity contribution in [3.63, 3.8) is 0 Å². The first kappa shape index (κ1) is 18.5. The lowest BCUT2D eigenvalue weighted by Crippen LogP contribution is -2.39. The monoisotopic (exact) mass is 311 g/mol. The highest BCUT2D eigenvalue weighted by molar-refractivity contribution is 6.30. The summed E-state index contributed by atoms with van der Waals surface area (Å²) in [6, 6.07) is 8.22. The number of hydrogen-bond acceptors (Lipinski definition) is 2.